The molecule has 0 unspecified atom stereocenters. The fourth-order valence-electron chi connectivity index (χ4n) is 2.48. The standard InChI is InChI=1S/C18H19Cl2N3O2S/c1-18(2,3)16(24)25-15-10-5-4-6-14(10)22-17(23-15)26-9-11-12(19)7-21-8-13(11)20/h7-8H,4-6,9H2,1-3H3. The summed E-state index contributed by atoms with van der Waals surface area (Å²) < 4.78 is 5.60. The van der Waals surface area contributed by atoms with Gasteiger partial charge in [-0.2, -0.15) is 4.98 Å². The number of thioether (sulfide) groups is 1. The molecule has 0 spiro atoms. The van der Waals surface area contributed by atoms with Crippen molar-refractivity contribution in [2.24, 2.45) is 5.41 Å². The number of halogens is 2. The fourth-order valence-corrected chi connectivity index (χ4v) is 4.04. The first-order valence-corrected chi connectivity index (χ1v) is 10.0. The fraction of sp³-hybridized carbons (Fsp3) is 0.444. The predicted octanol–water partition coefficient (Wildman–Crippen LogP) is 4.91. The van der Waals surface area contributed by atoms with Crippen molar-refractivity contribution in [3.05, 3.63) is 39.3 Å². The molecule has 0 aromatic carbocycles. The number of carbonyl (C=O) groups excluding carboxylic acids is 1. The Kier molecular flexibility index (Phi) is 5.75. The number of rotatable bonds is 4. The van der Waals surface area contributed by atoms with Crippen LogP contribution in [0, 0.1) is 5.41 Å². The molecule has 0 fully saturated rings. The van der Waals surface area contributed by atoms with Gasteiger partial charge in [0.2, 0.25) is 5.88 Å². The van der Waals surface area contributed by atoms with Crippen LogP contribution in [-0.2, 0) is 23.4 Å². The molecule has 5 nitrogen and oxygen atoms in total. The lowest BCUT2D eigenvalue weighted by Gasteiger charge is -2.17. The van der Waals surface area contributed by atoms with Gasteiger partial charge in [-0.3, -0.25) is 9.78 Å². The Morgan fingerprint density at radius 1 is 1.19 bits per heavy atom. The van der Waals surface area contributed by atoms with E-state index in [4.69, 9.17) is 27.9 Å². The zero-order chi connectivity index (χ0) is 18.9. The molecule has 8 heteroatoms. The first-order chi connectivity index (χ1) is 12.3. The van der Waals surface area contributed by atoms with Crippen LogP contribution in [0.3, 0.4) is 0 Å². The largest absolute Gasteiger partial charge is 0.407 e. The van der Waals surface area contributed by atoms with Crippen LogP contribution in [0.5, 0.6) is 5.88 Å². The molecule has 0 N–H and O–H groups in total. The van der Waals surface area contributed by atoms with Crippen molar-refractivity contribution in [1.82, 2.24) is 15.0 Å². The third-order valence-corrected chi connectivity index (χ3v) is 5.50. The molecule has 1 aliphatic carbocycles. The first kappa shape index (κ1) is 19.4. The molecule has 0 amide bonds. The number of hydrogen-bond donors (Lipinski definition) is 0. The van der Waals surface area contributed by atoms with E-state index in [1.54, 1.807) is 12.4 Å². The number of pyridine rings is 1. The molecule has 0 aliphatic heterocycles. The summed E-state index contributed by atoms with van der Waals surface area (Å²) in [5.74, 6) is 0.578. The van der Waals surface area contributed by atoms with Crippen LogP contribution in [0.2, 0.25) is 10.0 Å². The summed E-state index contributed by atoms with van der Waals surface area (Å²) in [4.78, 5) is 25.3. The lowest BCUT2D eigenvalue weighted by molar-refractivity contribution is -0.143. The summed E-state index contributed by atoms with van der Waals surface area (Å²) in [7, 11) is 0. The summed E-state index contributed by atoms with van der Waals surface area (Å²) in [6.45, 7) is 5.46. The van der Waals surface area contributed by atoms with E-state index in [2.05, 4.69) is 15.0 Å². The van der Waals surface area contributed by atoms with Crippen molar-refractivity contribution < 1.29 is 9.53 Å². The Morgan fingerprint density at radius 3 is 2.54 bits per heavy atom. The van der Waals surface area contributed by atoms with Crippen LogP contribution in [0.15, 0.2) is 17.6 Å². The van der Waals surface area contributed by atoms with E-state index >= 15 is 0 Å². The summed E-state index contributed by atoms with van der Waals surface area (Å²) in [6, 6.07) is 0. The molecule has 26 heavy (non-hydrogen) atoms. The van der Waals surface area contributed by atoms with Crippen molar-refractivity contribution >= 4 is 40.9 Å². The Hall–Kier alpha value is -1.37. The van der Waals surface area contributed by atoms with Crippen molar-refractivity contribution in [3.8, 4) is 5.88 Å². The molecule has 1 aliphatic rings. The van der Waals surface area contributed by atoms with E-state index in [1.807, 2.05) is 20.8 Å². The highest BCUT2D eigenvalue weighted by molar-refractivity contribution is 7.98. The van der Waals surface area contributed by atoms with E-state index in [0.29, 0.717) is 26.8 Å². The third-order valence-electron chi connectivity index (χ3n) is 3.97. The summed E-state index contributed by atoms with van der Waals surface area (Å²) >= 11 is 13.7. The summed E-state index contributed by atoms with van der Waals surface area (Å²) in [6.07, 6.45) is 5.80. The van der Waals surface area contributed by atoms with Gasteiger partial charge in [0, 0.05) is 29.3 Å². The van der Waals surface area contributed by atoms with Crippen LogP contribution in [0.25, 0.3) is 0 Å². The Morgan fingerprint density at radius 2 is 1.88 bits per heavy atom. The van der Waals surface area contributed by atoms with Crippen LogP contribution in [-0.4, -0.2) is 20.9 Å². The number of hydrogen-bond acceptors (Lipinski definition) is 6. The number of ether oxygens (including phenoxy) is 1. The van der Waals surface area contributed by atoms with Gasteiger partial charge in [-0.15, -0.1) is 0 Å². The molecule has 2 aromatic heterocycles. The third kappa shape index (κ3) is 4.30. The Bertz CT molecular complexity index is 833. The quantitative estimate of drug-likeness (QED) is 0.404. The van der Waals surface area contributed by atoms with Crippen molar-refractivity contribution in [2.45, 2.75) is 50.9 Å². The molecular formula is C18H19Cl2N3O2S. The monoisotopic (exact) mass is 411 g/mol. The maximum Gasteiger partial charge on any atom is 0.317 e. The topological polar surface area (TPSA) is 65.0 Å². The molecule has 0 saturated heterocycles. The van der Waals surface area contributed by atoms with Crippen LogP contribution < -0.4 is 4.74 Å². The van der Waals surface area contributed by atoms with E-state index in [-0.39, 0.29) is 5.97 Å². The van der Waals surface area contributed by atoms with Gasteiger partial charge in [-0.1, -0.05) is 35.0 Å². The Labute approximate surface area is 166 Å². The SMILES string of the molecule is CC(C)(C)C(=O)Oc1nc(SCc2c(Cl)cncc2Cl)nc2c1CCC2. The minimum atomic E-state index is -0.595. The molecule has 0 saturated carbocycles. The van der Waals surface area contributed by atoms with Gasteiger partial charge < -0.3 is 4.74 Å². The Balaban J connectivity index is 1.85. The summed E-state index contributed by atoms with van der Waals surface area (Å²) in [5, 5.41) is 1.56. The zero-order valence-electron chi connectivity index (χ0n) is 14.8. The van der Waals surface area contributed by atoms with Crippen molar-refractivity contribution in [1.29, 1.82) is 0 Å². The zero-order valence-corrected chi connectivity index (χ0v) is 17.1. The highest BCUT2D eigenvalue weighted by Gasteiger charge is 2.28. The average Bonchev–Trinajstić information content (AvgIpc) is 3.02. The molecule has 2 aromatic rings. The van der Waals surface area contributed by atoms with Crippen molar-refractivity contribution in [2.75, 3.05) is 0 Å². The highest BCUT2D eigenvalue weighted by Crippen LogP contribution is 2.34. The van der Waals surface area contributed by atoms with Crippen LogP contribution in [0.1, 0.15) is 44.0 Å². The van der Waals surface area contributed by atoms with Gasteiger partial charge in [0.15, 0.2) is 5.16 Å². The second-order valence-corrected chi connectivity index (χ2v) is 8.86. The molecule has 138 valence electrons. The maximum absolute atomic E-state index is 12.3. The van der Waals surface area contributed by atoms with Crippen LogP contribution >= 0.6 is 35.0 Å². The second-order valence-electron chi connectivity index (χ2n) is 7.10. The van der Waals surface area contributed by atoms with E-state index < -0.39 is 5.41 Å². The van der Waals surface area contributed by atoms with Gasteiger partial charge in [0.1, 0.15) is 0 Å². The number of esters is 1. The average molecular weight is 412 g/mol. The second kappa shape index (κ2) is 7.71. The van der Waals surface area contributed by atoms with E-state index in [0.717, 1.165) is 36.1 Å². The number of aromatic nitrogens is 3. The summed E-state index contributed by atoms with van der Waals surface area (Å²) in [5.41, 5.74) is 2.07. The van der Waals surface area contributed by atoms with Gasteiger partial charge in [-0.05, 0) is 40.0 Å². The number of aryl methyl sites for hydroxylation is 1. The van der Waals surface area contributed by atoms with E-state index in [1.165, 1.54) is 11.8 Å². The number of nitrogens with zero attached hydrogens (tertiary/aromatic N) is 3. The van der Waals surface area contributed by atoms with Gasteiger partial charge >= 0.3 is 5.97 Å². The first-order valence-electron chi connectivity index (χ1n) is 8.28. The minimum absolute atomic E-state index is 0.304. The molecular weight excluding hydrogens is 393 g/mol. The van der Waals surface area contributed by atoms with Gasteiger partial charge in [0.25, 0.3) is 0 Å². The lowest BCUT2D eigenvalue weighted by Crippen LogP contribution is -2.26. The number of carbonyl (C=O) groups is 1. The van der Waals surface area contributed by atoms with Crippen LogP contribution in [0.4, 0.5) is 0 Å². The van der Waals surface area contributed by atoms with Gasteiger partial charge in [-0.25, -0.2) is 4.98 Å². The van der Waals surface area contributed by atoms with Gasteiger partial charge in [0.05, 0.1) is 21.2 Å². The van der Waals surface area contributed by atoms with E-state index in [9.17, 15) is 4.79 Å². The molecule has 3 rings (SSSR count). The van der Waals surface area contributed by atoms with Crippen molar-refractivity contribution in [3.63, 3.8) is 0 Å². The normalized spacial score (nSPS) is 13.6. The molecule has 0 radical (unpaired) electrons. The predicted molar refractivity (Wildman–Crippen MR) is 103 cm³/mol. The molecule has 2 heterocycles. The minimum Gasteiger partial charge on any atom is -0.407 e. The molecule has 0 atom stereocenters. The smallest absolute Gasteiger partial charge is 0.317 e. The maximum atomic E-state index is 12.3. The number of fused-ring (bicyclic) bond motifs is 1. The molecule has 0 bridgehead atoms. The lowest BCUT2D eigenvalue weighted by atomic mass is 9.97. The highest BCUT2D eigenvalue weighted by atomic mass is 35.5.